The molecule has 2 aromatic rings. The van der Waals surface area contributed by atoms with E-state index in [1.807, 2.05) is 27.7 Å². The van der Waals surface area contributed by atoms with Gasteiger partial charge in [-0.05, 0) is 182 Å². The lowest BCUT2D eigenvalue weighted by Gasteiger charge is -2.30. The zero-order chi connectivity index (χ0) is 65.2. The van der Waals surface area contributed by atoms with Crippen molar-refractivity contribution in [2.24, 2.45) is 29.2 Å². The minimum atomic E-state index is -0.977. The number of nitriles is 1. The third-order valence-electron chi connectivity index (χ3n) is 18.4. The number of rotatable bonds is 31. The first-order valence-corrected chi connectivity index (χ1v) is 33.9. The van der Waals surface area contributed by atoms with Gasteiger partial charge >= 0.3 is 17.8 Å². The number of esters is 2. The van der Waals surface area contributed by atoms with Crippen LogP contribution in [0.25, 0.3) is 5.57 Å². The highest BCUT2D eigenvalue weighted by atomic mass is 35.5. The lowest BCUT2D eigenvalue weighted by atomic mass is 9.75. The lowest BCUT2D eigenvalue weighted by molar-refractivity contribution is -0.417. The number of ether oxygens (including phenoxy) is 3. The third kappa shape index (κ3) is 23.7. The Kier molecular flexibility index (Phi) is 29.5. The number of allylic oxidation sites excluding steroid dienone is 5. The van der Waals surface area contributed by atoms with Crippen molar-refractivity contribution in [3.8, 4) is 11.8 Å². The maximum Gasteiger partial charge on any atom is 0.434 e. The van der Waals surface area contributed by atoms with Crippen LogP contribution >= 0.6 is 11.6 Å². The molecule has 4 aliphatic carbocycles. The SMILES string of the molecule is C=C(C)c1cc(C(=O)NC2CCC(=O)/C(=C\COC(=O)CCCCCCCCCCCCCCC(=O)OC(C)(C)C)C2=O)c(C=O)cc1CC1CCC(CCC2CCC=C(/C(N)=C/C=C(\N)C(=O)[N+](C)=C3CCC(Oc4ccc(C#N)c(Cl)c4)CC3)CC2)CC1. The molecule has 0 aliphatic heterocycles. The number of aldehydes is 1. The molecule has 0 spiro atoms. The minimum Gasteiger partial charge on any atom is -0.490 e. The predicted octanol–water partition coefficient (Wildman–Crippen LogP) is 14.9. The number of carbonyl (C=O) groups is 7. The van der Waals surface area contributed by atoms with Gasteiger partial charge in [0.1, 0.15) is 36.8 Å². The van der Waals surface area contributed by atoms with E-state index in [2.05, 4.69) is 24.0 Å². The van der Waals surface area contributed by atoms with Gasteiger partial charge in [0.25, 0.3) is 5.91 Å². The number of amides is 2. The Hall–Kier alpha value is -6.92. The van der Waals surface area contributed by atoms with Gasteiger partial charge in [0.15, 0.2) is 23.6 Å². The second-order valence-electron chi connectivity index (χ2n) is 26.6. The number of hydrogen-bond donors (Lipinski definition) is 3. The number of nitrogens with one attached hydrogen (secondary N) is 1. The summed E-state index contributed by atoms with van der Waals surface area (Å²) in [5.74, 6) is 0.0385. The van der Waals surface area contributed by atoms with E-state index in [1.54, 1.807) is 54.1 Å². The molecule has 90 heavy (non-hydrogen) atoms. The molecular formula is C74H101ClN5O10+. The molecule has 0 aromatic heterocycles. The molecule has 0 radical (unpaired) electrons. The summed E-state index contributed by atoms with van der Waals surface area (Å²) in [5.41, 5.74) is 18.6. The number of nitrogens with two attached hydrogens (primary N) is 2. The first kappa shape index (κ1) is 72.1. The van der Waals surface area contributed by atoms with Gasteiger partial charge in [-0.25, -0.2) is 4.79 Å². The van der Waals surface area contributed by atoms with Gasteiger partial charge in [0, 0.05) is 49.4 Å². The second kappa shape index (κ2) is 36.8. The van der Waals surface area contributed by atoms with Gasteiger partial charge < -0.3 is 31.0 Å². The Morgan fingerprint density at radius 2 is 1.38 bits per heavy atom. The van der Waals surface area contributed by atoms with Crippen LogP contribution < -0.4 is 21.5 Å². The fraction of sp³-hybridized carbons (Fsp3) is 0.581. The van der Waals surface area contributed by atoms with Gasteiger partial charge in [-0.15, -0.1) is 0 Å². The summed E-state index contributed by atoms with van der Waals surface area (Å²) in [6.45, 7) is 11.6. The van der Waals surface area contributed by atoms with Crippen LogP contribution in [-0.4, -0.2) is 83.3 Å². The van der Waals surface area contributed by atoms with Crippen molar-refractivity contribution < 1.29 is 52.3 Å². The zero-order valence-corrected chi connectivity index (χ0v) is 55.3. The number of ketones is 2. The molecule has 0 heterocycles. The molecule has 0 bridgehead atoms. The van der Waals surface area contributed by atoms with Crippen LogP contribution in [0.1, 0.15) is 258 Å². The van der Waals surface area contributed by atoms with Crippen molar-refractivity contribution in [2.45, 2.75) is 244 Å². The molecule has 5 N–H and O–H groups in total. The first-order valence-electron chi connectivity index (χ1n) is 33.5. The summed E-state index contributed by atoms with van der Waals surface area (Å²) >= 11 is 6.19. The molecule has 2 unspecified atom stereocenters. The topological polar surface area (TPSA) is 238 Å². The van der Waals surface area contributed by atoms with E-state index in [-0.39, 0.29) is 78.0 Å². The predicted molar refractivity (Wildman–Crippen MR) is 355 cm³/mol. The van der Waals surface area contributed by atoms with Crippen molar-refractivity contribution in [1.82, 2.24) is 5.32 Å². The molecule has 0 saturated heterocycles. The largest absolute Gasteiger partial charge is 0.490 e. The number of nitrogens with zero attached hydrogens (tertiary/aromatic N) is 2. The quantitative estimate of drug-likeness (QED) is 0.0121. The standard InChI is InChI=1S/C74H100ClN5O10/c1-50(2)62-47-63(72(86)79-67-40-41-68(82)61(71(67)85)42-43-88-69(83)22-17-15-13-11-9-7-8-10-12-14-16-18-23-70(84)90-74(3,4)5)57(49-81)45-56(62)44-53-28-26-52(27-29-53)25-24-51-20-19-21-54(31-30-51)65(77)38-39-66(78)73(87)80(6)58-33-36-59(37-34-58)89-60-35-32-55(48-76)64(75)46-60/h21,32,35,38-39,42,45-47,49,51-53,59,67H,1,7-20,22-31,33-34,36-37,40-41,43-44H2,2-6H3,(H4-,77,78,79,81,86,87)/p+1/b61-42+,80-58?. The highest BCUT2D eigenvalue weighted by molar-refractivity contribution is 6.31. The number of hydrogen-bond acceptors (Lipinski definition) is 13. The van der Waals surface area contributed by atoms with E-state index in [9.17, 15) is 33.6 Å². The van der Waals surface area contributed by atoms with Crippen LogP contribution in [0.5, 0.6) is 5.75 Å². The van der Waals surface area contributed by atoms with Crippen LogP contribution in [-0.2, 0) is 39.9 Å². The summed E-state index contributed by atoms with van der Waals surface area (Å²) < 4.78 is 18.5. The molecule has 15 nitrogen and oxygen atoms in total. The van der Waals surface area contributed by atoms with E-state index in [0.29, 0.717) is 71.8 Å². The van der Waals surface area contributed by atoms with Crippen molar-refractivity contribution in [3.05, 3.63) is 117 Å². The number of unbranched alkanes of at least 4 members (excludes halogenated alkanes) is 11. The van der Waals surface area contributed by atoms with Crippen molar-refractivity contribution >= 4 is 64.5 Å². The highest BCUT2D eigenvalue weighted by Gasteiger charge is 2.35. The molecule has 488 valence electrons. The first-order chi connectivity index (χ1) is 43.1. The Bertz CT molecular complexity index is 3060. The van der Waals surface area contributed by atoms with E-state index in [4.69, 9.17) is 42.5 Å². The van der Waals surface area contributed by atoms with E-state index in [0.717, 1.165) is 150 Å². The molecule has 4 aliphatic rings. The van der Waals surface area contributed by atoms with Gasteiger partial charge in [-0.1, -0.05) is 120 Å². The Balaban J connectivity index is 0.863. The summed E-state index contributed by atoms with van der Waals surface area (Å²) in [6, 6.07) is 9.67. The summed E-state index contributed by atoms with van der Waals surface area (Å²) in [5, 5.41) is 12.3. The van der Waals surface area contributed by atoms with Crippen LogP contribution in [0.2, 0.25) is 5.02 Å². The fourth-order valence-corrected chi connectivity index (χ4v) is 13.3. The van der Waals surface area contributed by atoms with Crippen LogP contribution in [0, 0.1) is 29.1 Å². The molecule has 16 heteroatoms. The van der Waals surface area contributed by atoms with Gasteiger partial charge in [0.05, 0.1) is 33.9 Å². The normalized spacial score (nSPS) is 20.5. The molecule has 3 fully saturated rings. The number of likely N-dealkylation sites (N-methyl/N-ethyl adjacent to an activating group) is 1. The van der Waals surface area contributed by atoms with Crippen LogP contribution in [0.4, 0.5) is 0 Å². The summed E-state index contributed by atoms with van der Waals surface area (Å²) in [6.07, 6.45) is 35.7. The molecule has 2 aromatic carbocycles. The Morgan fingerprint density at radius 1 is 0.767 bits per heavy atom. The van der Waals surface area contributed by atoms with Crippen LogP contribution in [0.3, 0.4) is 0 Å². The molecule has 2 atom stereocenters. The van der Waals surface area contributed by atoms with Crippen LogP contribution in [0.15, 0.2) is 83.8 Å². The number of benzene rings is 2. The summed E-state index contributed by atoms with van der Waals surface area (Å²) in [7, 11) is 1.76. The van der Waals surface area contributed by atoms with Gasteiger partial charge in [-0.2, -0.15) is 9.84 Å². The highest BCUT2D eigenvalue weighted by Crippen LogP contribution is 2.38. The number of Topliss-reactive ketones (excluding diaryl/α,β-unsaturated/α-hetero) is 2. The van der Waals surface area contributed by atoms with Crippen molar-refractivity contribution in [3.63, 3.8) is 0 Å². The minimum absolute atomic E-state index is 0.0257. The smallest absolute Gasteiger partial charge is 0.434 e. The summed E-state index contributed by atoms with van der Waals surface area (Å²) in [4.78, 5) is 90.8. The van der Waals surface area contributed by atoms with Gasteiger partial charge in [0.2, 0.25) is 0 Å². The monoisotopic (exact) mass is 1250 g/mol. The van der Waals surface area contributed by atoms with Crippen molar-refractivity contribution in [2.75, 3.05) is 13.7 Å². The van der Waals surface area contributed by atoms with E-state index < -0.39 is 23.3 Å². The van der Waals surface area contributed by atoms with E-state index in [1.165, 1.54) is 38.2 Å². The molecule has 2 amide bonds. The van der Waals surface area contributed by atoms with Gasteiger partial charge in [-0.3, -0.25) is 28.8 Å². The average Bonchev–Trinajstić information content (AvgIpc) is 2.07. The molecular weight excluding hydrogens is 1150 g/mol. The fourth-order valence-electron chi connectivity index (χ4n) is 13.0. The maximum absolute atomic E-state index is 13.9. The average molecular weight is 1260 g/mol. The van der Waals surface area contributed by atoms with E-state index >= 15 is 0 Å². The van der Waals surface area contributed by atoms with Crippen molar-refractivity contribution in [1.29, 1.82) is 5.26 Å². The molecule has 6 rings (SSSR count). The lowest BCUT2D eigenvalue weighted by Crippen LogP contribution is -2.46. The number of halogens is 1. The Labute approximate surface area is 540 Å². The Morgan fingerprint density at radius 3 is 1.98 bits per heavy atom. The zero-order valence-electron chi connectivity index (χ0n) is 54.5. The second-order valence-corrected chi connectivity index (χ2v) is 27.0. The maximum atomic E-state index is 13.9. The molecule has 3 saturated carbocycles. The third-order valence-corrected chi connectivity index (χ3v) is 18.7. The number of carbonyl (C=O) groups excluding carboxylic acids is 7.